The first-order valence-corrected chi connectivity index (χ1v) is 9.60. The Bertz CT molecular complexity index is 1200. The van der Waals surface area contributed by atoms with E-state index in [4.69, 9.17) is 11.6 Å². The first-order valence-electron chi connectivity index (χ1n) is 7.73. The molecule has 0 aliphatic carbocycles. The molecule has 0 spiro atoms. The number of hydrogen-bond acceptors (Lipinski definition) is 2. The van der Waals surface area contributed by atoms with Crippen molar-refractivity contribution < 1.29 is 8.42 Å². The molecule has 4 aromatic carbocycles. The van der Waals surface area contributed by atoms with E-state index in [1.54, 1.807) is 24.3 Å². The fraction of sp³-hybridized carbons (Fsp3) is 0. The van der Waals surface area contributed by atoms with Crippen molar-refractivity contribution in [3.05, 3.63) is 83.9 Å². The van der Waals surface area contributed by atoms with E-state index in [9.17, 15) is 8.42 Å². The first kappa shape index (κ1) is 15.9. The third-order valence-electron chi connectivity index (χ3n) is 4.15. The molecule has 4 rings (SSSR count). The summed E-state index contributed by atoms with van der Waals surface area (Å²) in [4.78, 5) is 0.227. The van der Waals surface area contributed by atoms with Crippen LogP contribution in [0.5, 0.6) is 0 Å². The number of sulfonamides is 1. The molecule has 0 heterocycles. The summed E-state index contributed by atoms with van der Waals surface area (Å²) in [5, 5.41) is 4.04. The Morgan fingerprint density at radius 3 is 2.20 bits per heavy atom. The predicted octanol–water partition coefficient (Wildman–Crippen LogP) is 5.45. The van der Waals surface area contributed by atoms with Gasteiger partial charge >= 0.3 is 0 Å². The Labute approximate surface area is 150 Å². The minimum absolute atomic E-state index is 0.227. The van der Waals surface area contributed by atoms with Gasteiger partial charge in [0.15, 0.2) is 0 Å². The van der Waals surface area contributed by atoms with Crippen LogP contribution in [0.25, 0.3) is 21.5 Å². The number of nitrogens with one attached hydrogen (secondary N) is 1. The highest BCUT2D eigenvalue weighted by molar-refractivity contribution is 7.92. The molecule has 0 aliphatic rings. The van der Waals surface area contributed by atoms with E-state index in [0.29, 0.717) is 10.7 Å². The lowest BCUT2D eigenvalue weighted by atomic mass is 10.1. The molecule has 124 valence electrons. The number of rotatable bonds is 3. The van der Waals surface area contributed by atoms with Gasteiger partial charge < -0.3 is 0 Å². The molecule has 0 atom stereocenters. The van der Waals surface area contributed by atoms with E-state index in [1.165, 1.54) is 0 Å². The summed E-state index contributed by atoms with van der Waals surface area (Å²) in [6.45, 7) is 0. The Hall–Kier alpha value is -2.56. The highest BCUT2D eigenvalue weighted by Gasteiger charge is 2.16. The summed E-state index contributed by atoms with van der Waals surface area (Å²) < 4.78 is 28.3. The molecule has 0 aliphatic heterocycles. The maximum Gasteiger partial charge on any atom is 0.261 e. The van der Waals surface area contributed by atoms with Gasteiger partial charge in [0.2, 0.25) is 0 Å². The largest absolute Gasteiger partial charge is 0.279 e. The molecule has 0 radical (unpaired) electrons. The van der Waals surface area contributed by atoms with Gasteiger partial charge in [0.05, 0.1) is 10.6 Å². The summed E-state index contributed by atoms with van der Waals surface area (Å²) in [7, 11) is -3.70. The maximum absolute atomic E-state index is 12.8. The van der Waals surface area contributed by atoms with Crippen LogP contribution in [-0.2, 0) is 10.0 Å². The quantitative estimate of drug-likeness (QED) is 0.523. The number of benzene rings is 4. The SMILES string of the molecule is O=S(=O)(Nc1ccc(Cl)c2ccccc12)c1ccc2ccccc2c1. The highest BCUT2D eigenvalue weighted by Crippen LogP contribution is 2.31. The Morgan fingerprint density at radius 2 is 1.40 bits per heavy atom. The second-order valence-electron chi connectivity index (χ2n) is 5.75. The van der Waals surface area contributed by atoms with E-state index in [1.807, 2.05) is 54.6 Å². The summed E-state index contributed by atoms with van der Waals surface area (Å²) in [5.41, 5.74) is 0.508. The second-order valence-corrected chi connectivity index (χ2v) is 7.84. The monoisotopic (exact) mass is 367 g/mol. The average Bonchev–Trinajstić information content (AvgIpc) is 2.64. The normalized spacial score (nSPS) is 11.7. The third kappa shape index (κ3) is 2.95. The van der Waals surface area contributed by atoms with Crippen molar-refractivity contribution in [1.82, 2.24) is 0 Å². The van der Waals surface area contributed by atoms with Crippen molar-refractivity contribution in [3.8, 4) is 0 Å². The van der Waals surface area contributed by atoms with Crippen molar-refractivity contribution in [2.45, 2.75) is 4.90 Å². The fourth-order valence-corrected chi connectivity index (χ4v) is 4.23. The molecule has 4 aromatic rings. The molecule has 0 amide bonds. The summed E-state index contributed by atoms with van der Waals surface area (Å²) in [6.07, 6.45) is 0. The number of hydrogen-bond donors (Lipinski definition) is 1. The lowest BCUT2D eigenvalue weighted by Gasteiger charge is -2.12. The van der Waals surface area contributed by atoms with E-state index in [-0.39, 0.29) is 4.90 Å². The van der Waals surface area contributed by atoms with Gasteiger partial charge in [-0.15, -0.1) is 0 Å². The molecule has 25 heavy (non-hydrogen) atoms. The molecule has 3 nitrogen and oxygen atoms in total. The van der Waals surface area contributed by atoms with Gasteiger partial charge in [0.25, 0.3) is 10.0 Å². The molecule has 1 N–H and O–H groups in total. The lowest BCUT2D eigenvalue weighted by molar-refractivity contribution is 0.601. The molecular weight excluding hydrogens is 354 g/mol. The van der Waals surface area contributed by atoms with Gasteiger partial charge in [-0.25, -0.2) is 8.42 Å². The topological polar surface area (TPSA) is 46.2 Å². The molecular formula is C20H14ClNO2S. The van der Waals surface area contributed by atoms with Crippen molar-refractivity contribution in [3.63, 3.8) is 0 Å². The number of fused-ring (bicyclic) bond motifs is 2. The standard InChI is InChI=1S/C20H14ClNO2S/c21-19-11-12-20(18-8-4-3-7-17(18)19)22-25(23,24)16-10-9-14-5-1-2-6-15(14)13-16/h1-13,22H. The molecule has 0 unspecified atom stereocenters. The van der Waals surface area contributed by atoms with E-state index < -0.39 is 10.0 Å². The molecule has 0 aromatic heterocycles. The lowest BCUT2D eigenvalue weighted by Crippen LogP contribution is -2.13. The van der Waals surface area contributed by atoms with Gasteiger partial charge in [0, 0.05) is 15.8 Å². The van der Waals surface area contributed by atoms with E-state index >= 15 is 0 Å². The molecule has 0 fully saturated rings. The minimum atomic E-state index is -3.70. The fourth-order valence-electron chi connectivity index (χ4n) is 2.89. The second kappa shape index (κ2) is 6.06. The zero-order chi connectivity index (χ0) is 17.4. The van der Waals surface area contributed by atoms with Crippen LogP contribution in [0.4, 0.5) is 5.69 Å². The van der Waals surface area contributed by atoms with Gasteiger partial charge in [-0.2, -0.15) is 0 Å². The average molecular weight is 368 g/mol. The summed E-state index contributed by atoms with van der Waals surface area (Å²) in [5.74, 6) is 0. The Morgan fingerprint density at radius 1 is 0.720 bits per heavy atom. The molecule has 0 saturated carbocycles. The maximum atomic E-state index is 12.8. The van der Waals surface area contributed by atoms with Gasteiger partial charge in [-0.3, -0.25) is 4.72 Å². The van der Waals surface area contributed by atoms with Gasteiger partial charge in [-0.1, -0.05) is 66.2 Å². The zero-order valence-electron chi connectivity index (χ0n) is 13.1. The van der Waals surface area contributed by atoms with Crippen LogP contribution in [-0.4, -0.2) is 8.42 Å². The van der Waals surface area contributed by atoms with Gasteiger partial charge in [0.1, 0.15) is 0 Å². The van der Waals surface area contributed by atoms with Crippen LogP contribution in [0.15, 0.2) is 83.8 Å². The van der Waals surface area contributed by atoms with Crippen LogP contribution in [0.1, 0.15) is 0 Å². The van der Waals surface area contributed by atoms with Crippen LogP contribution in [0.2, 0.25) is 5.02 Å². The van der Waals surface area contributed by atoms with E-state index in [2.05, 4.69) is 4.72 Å². The van der Waals surface area contributed by atoms with Crippen molar-refractivity contribution >= 4 is 48.9 Å². The van der Waals surface area contributed by atoms with E-state index in [0.717, 1.165) is 21.5 Å². The summed E-state index contributed by atoms with van der Waals surface area (Å²) >= 11 is 6.21. The smallest absolute Gasteiger partial charge is 0.261 e. The van der Waals surface area contributed by atoms with Crippen molar-refractivity contribution in [2.75, 3.05) is 4.72 Å². The van der Waals surface area contributed by atoms with Crippen LogP contribution in [0.3, 0.4) is 0 Å². The molecule has 5 heteroatoms. The zero-order valence-corrected chi connectivity index (χ0v) is 14.7. The van der Waals surface area contributed by atoms with Crippen molar-refractivity contribution in [1.29, 1.82) is 0 Å². The third-order valence-corrected chi connectivity index (χ3v) is 5.84. The van der Waals surface area contributed by atoms with Crippen LogP contribution in [0, 0.1) is 0 Å². The van der Waals surface area contributed by atoms with Crippen LogP contribution >= 0.6 is 11.6 Å². The highest BCUT2D eigenvalue weighted by atomic mass is 35.5. The summed E-state index contributed by atoms with van der Waals surface area (Å²) in [6, 6.07) is 23.6. The minimum Gasteiger partial charge on any atom is -0.279 e. The van der Waals surface area contributed by atoms with Gasteiger partial charge in [-0.05, 0) is 35.0 Å². The van der Waals surface area contributed by atoms with Crippen LogP contribution < -0.4 is 4.72 Å². The first-order chi connectivity index (χ1) is 12.0. The molecule has 0 saturated heterocycles. The number of halogens is 1. The Kier molecular flexibility index (Phi) is 3.86. The van der Waals surface area contributed by atoms with Crippen molar-refractivity contribution in [2.24, 2.45) is 0 Å². The predicted molar refractivity (Wildman–Crippen MR) is 104 cm³/mol. The Balaban J connectivity index is 1.80. The molecule has 0 bridgehead atoms. The number of anilines is 1.